The number of nitrogens with one attached hydrogen (secondary N) is 3. The third-order valence-corrected chi connectivity index (χ3v) is 32.5. The van der Waals surface area contributed by atoms with E-state index in [-0.39, 0.29) is 153 Å². The first-order valence-electron chi connectivity index (χ1n) is 48.0. The van der Waals surface area contributed by atoms with Crippen molar-refractivity contribution in [2.24, 2.45) is 94.7 Å². The van der Waals surface area contributed by atoms with Crippen LogP contribution in [0.25, 0.3) is 49.8 Å². The largest absolute Gasteiger partial charge is 3.00 e. The van der Waals surface area contributed by atoms with Crippen LogP contribution in [0.3, 0.4) is 0 Å². The Morgan fingerprint density at radius 1 is 0.750 bits per heavy atom. The Hall–Kier alpha value is -12.9. The molecule has 10 amide bonds. The quantitative estimate of drug-likeness (QED) is 0.00591. The molecule has 3 aromatic carbocycles. The average Bonchev–Trinajstić information content (AvgIpc) is 1.52. The standard InChI is InChI=1S/C97H128N21O24PS2.CN.Co/c1-49-38-66-67(39-50(49)2)118(48-109-66)91-81(127)84(68(139-91)47-138-92(129)106-35-17-13-14-18-37-117-46-54(114-115-117)45-108-76(125)22-19-36-116(12)90(128)56-21-16-15-20-55(56)78-57-23-28-63(98)85(144(132,133)134)82(57)140-83-58(78)24-29-64(99)86(83)145(135,136)137)142-143(130,131)141-51(3)44-107-77(126)33-34-94(8)62(40-73(103)122)89-97(11)96(10,43-75(105)124)61(27-32-72(102)121)80(113-97)53(5)88-95(9,42-74(104)123)59(25-30-70(100)119)65(110-88)41-69-93(6,7)60(26-31-71(101)120)79(111-69)52(4)87(94)112-89;1-2;/h15-16,20-21,23-24,28-29,38-39,41,46,48,51,59-62,68,81,84,89,91,127H,13-14,17-19,22,25-27,30-37,40,42-45,47H2,1-12H3,(H22,98,99,100,101,102,103,104,105,106,107,108,110,111,112,113,119,120,121,122,123,124,125,126,129,130,131,132,133,134,135,136,137);;/q;-1;+3/p-2/t51-,59-,60-,61-,62+,68-,81-,84-,89-,91+,94-,95+,96+,97+;;/m1../s1. The van der Waals surface area contributed by atoms with Gasteiger partial charge in [0.2, 0.25) is 52.6 Å². The summed E-state index contributed by atoms with van der Waals surface area (Å²) in [5.41, 5.74) is 41.7. The third kappa shape index (κ3) is 24.5. The first-order chi connectivity index (χ1) is 68.9. The van der Waals surface area contributed by atoms with Gasteiger partial charge in [0.15, 0.2) is 27.4 Å². The Morgan fingerprint density at radius 2 is 1.39 bits per heavy atom. The van der Waals surface area contributed by atoms with Gasteiger partial charge in [0.25, 0.3) is 23.8 Å². The molecule has 46 nitrogen and oxygen atoms in total. The van der Waals surface area contributed by atoms with Gasteiger partial charge in [-0.3, -0.25) is 77.3 Å². The summed E-state index contributed by atoms with van der Waals surface area (Å²) < 4.78 is 120. The molecule has 21 N–H and O–H groups in total. The van der Waals surface area contributed by atoms with E-state index in [2.05, 4.69) is 31.2 Å². The summed E-state index contributed by atoms with van der Waals surface area (Å²) in [5.74, 6) is -9.47. The number of aryl methyl sites for hydroxylation is 3. The number of carbonyl (C=O) groups is 10. The predicted molar refractivity (Wildman–Crippen MR) is 531 cm³/mol. The number of alkyl carbamates (subject to hydrolysis) is 1. The number of amides is 10. The van der Waals surface area contributed by atoms with E-state index in [1.807, 2.05) is 53.7 Å². The SMILES string of the molecule is C/C1=C2/[N-][C@H]([C@H](CC(N)=O)[C@@]2(C)CCC(=O)NC[C@@H](C)OP(=O)([O-])O[C@H]2[C@@H](O)[C@@H](n3cnc4cc(C)c(C)cc43)O[C@@H]2COC(=O)NCCCCCCn2cc(CNC(=O)CCCN(C)C(=O)c3ccccc3-c3c4ccc(=[NH2+])c(S(=O)(=O)[O-])c-4oc4c(S(=O)(=O)O)c(N)ccc34)nn2)[C@]2(C)N=C(/C(C)=C3N=C(/C=C4N=C1[C@@H](CCC(N)=O)C\4(C)C)[C@@H](CCC(N)=O)[C@]\3(C)CC(N)=O)[C@@H](CCC(N)=O)[C@]2(C)CC(N)=O.[C-]#N.[Co+3]. The van der Waals surface area contributed by atoms with E-state index in [4.69, 9.17) is 101 Å². The van der Waals surface area contributed by atoms with Crippen molar-refractivity contribution in [2.45, 2.75) is 250 Å². The number of anilines is 1. The van der Waals surface area contributed by atoms with E-state index in [0.717, 1.165) is 17.2 Å². The molecule has 2 aromatic heterocycles. The minimum Gasteiger partial charge on any atom is -0.756 e. The van der Waals surface area contributed by atoms with E-state index >= 15 is 0 Å². The number of phosphoric ester groups is 1. The minimum atomic E-state index is -5.56. The normalized spacial score (nSPS) is 25.3. The van der Waals surface area contributed by atoms with E-state index in [1.54, 1.807) is 56.8 Å². The number of nitrogen functional groups attached to an aromatic ring is 1. The fourth-order valence-electron chi connectivity index (χ4n) is 21.8. The fraction of sp³-hybridized carbons (Fsp3) is 0.510. The number of benzene rings is 4. The molecule has 1 unspecified atom stereocenters. The maximum Gasteiger partial charge on any atom is 3.00 e. The topological polar surface area (TPSA) is 763 Å². The summed E-state index contributed by atoms with van der Waals surface area (Å²) in [6.07, 6.45) is -2.73. The molecule has 5 aromatic rings. The smallest absolute Gasteiger partial charge is 0.756 e. The van der Waals surface area contributed by atoms with Crippen molar-refractivity contribution < 1.29 is 134 Å². The summed E-state index contributed by atoms with van der Waals surface area (Å²) in [5, 5.41) is 46.1. The molecule has 15 atom stereocenters. The van der Waals surface area contributed by atoms with Crippen LogP contribution in [0.4, 0.5) is 10.5 Å². The van der Waals surface area contributed by atoms with Gasteiger partial charge < -0.3 is 120 Å². The van der Waals surface area contributed by atoms with Crippen molar-refractivity contribution in [3.8, 4) is 22.5 Å². The molecule has 0 spiro atoms. The Labute approximate surface area is 865 Å². The van der Waals surface area contributed by atoms with Gasteiger partial charge in [-0.05, 0) is 168 Å². The van der Waals surface area contributed by atoms with Crippen LogP contribution in [-0.2, 0) is 112 Å². The molecular weight excluding hydrogens is 2020 g/mol. The molecule has 798 valence electrons. The molecule has 2 saturated heterocycles. The number of phosphoric acid groups is 1. The molecule has 2 fully saturated rings. The van der Waals surface area contributed by atoms with Gasteiger partial charge in [0.05, 0.1) is 53.1 Å². The van der Waals surface area contributed by atoms with Crippen molar-refractivity contribution in [3.05, 3.63) is 147 Å². The molecule has 7 aliphatic heterocycles. The Morgan fingerprint density at radius 3 is 2.04 bits per heavy atom. The second-order valence-corrected chi connectivity index (χ2v) is 44.0. The van der Waals surface area contributed by atoms with Gasteiger partial charge in [-0.2, -0.15) is 14.1 Å². The number of nitrogens with zero attached hydrogens (tertiary/aromatic N) is 11. The van der Waals surface area contributed by atoms with E-state index in [9.17, 15) is 88.5 Å². The van der Waals surface area contributed by atoms with Crippen molar-refractivity contribution in [1.82, 2.24) is 45.4 Å². The molecule has 1 aliphatic carbocycles. The number of primary amides is 6. The number of rotatable bonds is 44. The summed E-state index contributed by atoms with van der Waals surface area (Å²) >= 11 is 0. The molecule has 50 heteroatoms. The number of aromatic nitrogens is 5. The van der Waals surface area contributed by atoms with Crippen molar-refractivity contribution >= 4 is 132 Å². The van der Waals surface area contributed by atoms with Gasteiger partial charge in [-0.25, -0.2) is 18.2 Å². The third-order valence-electron chi connectivity index (χ3n) is 29.5. The van der Waals surface area contributed by atoms with Gasteiger partial charge in [0, 0.05) is 170 Å². The number of aliphatic hydroxyl groups excluding tert-OH is 1. The number of ether oxygens (including phenoxy) is 2. The van der Waals surface area contributed by atoms with Crippen molar-refractivity contribution in [2.75, 3.05) is 39.0 Å². The number of allylic oxidation sites excluding steroid dienone is 6. The average molecular weight is 2150 g/mol. The summed E-state index contributed by atoms with van der Waals surface area (Å²) in [6, 6.07) is 13.6. The van der Waals surface area contributed by atoms with Crippen LogP contribution in [0.5, 0.6) is 0 Å². The maximum atomic E-state index is 14.7. The van der Waals surface area contributed by atoms with Crippen molar-refractivity contribution in [3.63, 3.8) is 0 Å². The Balaban J connectivity index is 0.00000689. The number of imidazole rings is 1. The molecule has 0 saturated carbocycles. The molecule has 13 rings (SSSR count). The predicted octanol–water partition coefficient (Wildman–Crippen LogP) is 5.07. The fourth-order valence-corrected chi connectivity index (χ4v) is 24.4. The molecule has 0 radical (unpaired) electrons. The zero-order valence-corrected chi connectivity index (χ0v) is 87.6. The van der Waals surface area contributed by atoms with E-state index in [1.165, 1.54) is 60.1 Å². The van der Waals surface area contributed by atoms with Gasteiger partial charge in [0.1, 0.15) is 40.7 Å². The Bertz CT molecular complexity index is 6950. The monoisotopic (exact) mass is 2150 g/mol. The number of carbonyl (C=O) groups excluding carboxylic acids is 10. The number of aliphatic hydroxyl groups is 1. The van der Waals surface area contributed by atoms with Crippen LogP contribution in [0.15, 0.2) is 137 Å². The molecule has 8 aliphatic rings. The second-order valence-electron chi connectivity index (χ2n) is 40.0. The molecule has 148 heavy (non-hydrogen) atoms. The van der Waals surface area contributed by atoms with Crippen molar-refractivity contribution in [1.29, 1.82) is 5.26 Å². The van der Waals surface area contributed by atoms with Crippen LogP contribution in [0, 0.1) is 71.0 Å². The van der Waals surface area contributed by atoms with Gasteiger partial charge in [-0.15, -0.1) is 5.10 Å². The van der Waals surface area contributed by atoms with Crippen LogP contribution in [0.2, 0.25) is 0 Å². The zero-order chi connectivity index (χ0) is 108. The van der Waals surface area contributed by atoms with Gasteiger partial charge in [-0.1, -0.05) is 76.9 Å². The first-order valence-corrected chi connectivity index (χ1v) is 52.3. The summed E-state index contributed by atoms with van der Waals surface area (Å²) in [6.45, 7) is 24.1. The number of unbranched alkanes of at least 4 members (excludes halogenated alkanes) is 3. The maximum absolute atomic E-state index is 14.7. The number of fused-ring (bicyclic) bond motifs is 9. The number of nitrogens with two attached hydrogens (primary N) is 8. The minimum absolute atomic E-state index is 0. The number of aliphatic imine (C=N–C) groups is 3. The van der Waals surface area contributed by atoms with Crippen LogP contribution in [-0.4, -0.2) is 206 Å². The second kappa shape index (κ2) is 46.1. The zero-order valence-electron chi connectivity index (χ0n) is 84.1. The molecule has 9 heterocycles. The van der Waals surface area contributed by atoms with Gasteiger partial charge >= 0.3 is 22.9 Å². The first kappa shape index (κ1) is 115. The van der Waals surface area contributed by atoms with Crippen LogP contribution >= 0.6 is 7.82 Å². The van der Waals surface area contributed by atoms with E-state index in [0.29, 0.717) is 94.3 Å². The Kier molecular flexibility index (Phi) is 35.9. The molecule has 8 bridgehead atoms. The number of hydrogen-bond donors (Lipinski definition) is 13. The summed E-state index contributed by atoms with van der Waals surface area (Å²) in [7, 11) is -14.6. The summed E-state index contributed by atoms with van der Waals surface area (Å²) in [4.78, 5) is 170. The van der Waals surface area contributed by atoms with Crippen LogP contribution < -0.4 is 71.7 Å². The molecular formula is C98H126CoN22O24PS2. The van der Waals surface area contributed by atoms with Crippen LogP contribution in [0.1, 0.15) is 205 Å². The van der Waals surface area contributed by atoms with E-state index < -0.39 is 214 Å². The number of hydrogen-bond acceptors (Lipinski definition) is 31.